The van der Waals surface area contributed by atoms with Gasteiger partial charge < -0.3 is 4.74 Å². The standard InChI is InChI=1S/C17H18O2/c1-14(18)16-11-5-6-12-17(16)19-13-7-10-15-8-3-2-4-9-15/h2-6,8-9,11-12H,7,10,13H2,1H3. The van der Waals surface area contributed by atoms with Gasteiger partial charge in [-0.3, -0.25) is 4.79 Å². The van der Waals surface area contributed by atoms with Gasteiger partial charge in [-0.25, -0.2) is 0 Å². The molecule has 0 aliphatic heterocycles. The lowest BCUT2D eigenvalue weighted by Crippen LogP contribution is -2.03. The summed E-state index contributed by atoms with van der Waals surface area (Å²) in [6.45, 7) is 2.19. The van der Waals surface area contributed by atoms with E-state index in [4.69, 9.17) is 4.74 Å². The van der Waals surface area contributed by atoms with Gasteiger partial charge in [-0.05, 0) is 37.5 Å². The van der Waals surface area contributed by atoms with Crippen LogP contribution >= 0.6 is 0 Å². The highest BCUT2D eigenvalue weighted by Gasteiger charge is 2.06. The van der Waals surface area contributed by atoms with E-state index in [1.165, 1.54) is 5.56 Å². The van der Waals surface area contributed by atoms with E-state index in [1.807, 2.05) is 36.4 Å². The van der Waals surface area contributed by atoms with Crippen molar-refractivity contribution in [3.63, 3.8) is 0 Å². The molecule has 0 saturated carbocycles. The van der Waals surface area contributed by atoms with Crippen molar-refractivity contribution in [3.05, 3.63) is 65.7 Å². The van der Waals surface area contributed by atoms with E-state index in [0.717, 1.165) is 12.8 Å². The number of benzene rings is 2. The fourth-order valence-electron chi connectivity index (χ4n) is 1.99. The smallest absolute Gasteiger partial charge is 0.163 e. The van der Waals surface area contributed by atoms with Crippen LogP contribution in [0, 0.1) is 0 Å². The van der Waals surface area contributed by atoms with Crippen LogP contribution in [0.4, 0.5) is 0 Å². The SMILES string of the molecule is CC(=O)c1ccccc1OCCCc1ccccc1. The molecule has 0 atom stereocenters. The fourth-order valence-corrected chi connectivity index (χ4v) is 1.99. The van der Waals surface area contributed by atoms with Crippen molar-refractivity contribution in [2.75, 3.05) is 6.61 Å². The zero-order valence-corrected chi connectivity index (χ0v) is 11.1. The predicted octanol–water partition coefficient (Wildman–Crippen LogP) is 3.90. The van der Waals surface area contributed by atoms with Crippen LogP contribution < -0.4 is 4.74 Å². The first-order valence-corrected chi connectivity index (χ1v) is 6.54. The zero-order chi connectivity index (χ0) is 13.5. The molecule has 0 aliphatic rings. The molecule has 2 aromatic carbocycles. The maximum atomic E-state index is 11.4. The predicted molar refractivity (Wildman–Crippen MR) is 76.7 cm³/mol. The minimum absolute atomic E-state index is 0.0404. The van der Waals surface area contributed by atoms with Crippen molar-refractivity contribution in [2.24, 2.45) is 0 Å². The number of carbonyl (C=O) groups excluding carboxylic acids is 1. The molecule has 0 fully saturated rings. The number of hydrogen-bond donors (Lipinski definition) is 0. The first-order valence-electron chi connectivity index (χ1n) is 6.54. The molecule has 0 amide bonds. The number of carbonyl (C=O) groups is 1. The molecule has 0 radical (unpaired) electrons. The van der Waals surface area contributed by atoms with Crippen LogP contribution in [0.1, 0.15) is 29.3 Å². The molecule has 0 saturated heterocycles. The van der Waals surface area contributed by atoms with Gasteiger partial charge in [-0.1, -0.05) is 42.5 Å². The van der Waals surface area contributed by atoms with Crippen LogP contribution in [0.3, 0.4) is 0 Å². The Bertz CT molecular complexity index is 532. The van der Waals surface area contributed by atoms with Crippen LogP contribution in [0.15, 0.2) is 54.6 Å². The van der Waals surface area contributed by atoms with Gasteiger partial charge in [0.1, 0.15) is 5.75 Å². The lowest BCUT2D eigenvalue weighted by atomic mass is 10.1. The van der Waals surface area contributed by atoms with Gasteiger partial charge >= 0.3 is 0 Å². The Morgan fingerprint density at radius 2 is 1.68 bits per heavy atom. The van der Waals surface area contributed by atoms with Crippen LogP contribution in [0.5, 0.6) is 5.75 Å². The van der Waals surface area contributed by atoms with Crippen molar-refractivity contribution < 1.29 is 9.53 Å². The summed E-state index contributed by atoms with van der Waals surface area (Å²) >= 11 is 0. The zero-order valence-electron chi connectivity index (χ0n) is 11.1. The van der Waals surface area contributed by atoms with E-state index in [-0.39, 0.29) is 5.78 Å². The molecule has 0 spiro atoms. The average molecular weight is 254 g/mol. The van der Waals surface area contributed by atoms with Gasteiger partial charge in [0.2, 0.25) is 0 Å². The minimum Gasteiger partial charge on any atom is -0.493 e. The molecule has 2 nitrogen and oxygen atoms in total. The van der Waals surface area contributed by atoms with Crippen molar-refractivity contribution in [1.29, 1.82) is 0 Å². The summed E-state index contributed by atoms with van der Waals surface area (Å²) in [6.07, 6.45) is 1.93. The molecule has 19 heavy (non-hydrogen) atoms. The molecule has 2 rings (SSSR count). The summed E-state index contributed by atoms with van der Waals surface area (Å²) in [5.41, 5.74) is 1.97. The molecule has 98 valence electrons. The maximum Gasteiger partial charge on any atom is 0.163 e. The second-order valence-corrected chi connectivity index (χ2v) is 4.49. The molecule has 2 heteroatoms. The third-order valence-corrected chi connectivity index (χ3v) is 2.98. The lowest BCUT2D eigenvalue weighted by Gasteiger charge is -2.09. The summed E-state index contributed by atoms with van der Waals surface area (Å²) in [4.78, 5) is 11.4. The molecule has 0 N–H and O–H groups in total. The Morgan fingerprint density at radius 1 is 1.00 bits per heavy atom. The van der Waals surface area contributed by atoms with Crippen molar-refractivity contribution >= 4 is 5.78 Å². The van der Waals surface area contributed by atoms with Crippen LogP contribution in [0.25, 0.3) is 0 Å². The highest BCUT2D eigenvalue weighted by Crippen LogP contribution is 2.18. The number of rotatable bonds is 6. The number of hydrogen-bond acceptors (Lipinski definition) is 2. The third kappa shape index (κ3) is 3.95. The molecule has 0 bridgehead atoms. The number of aryl methyl sites for hydroxylation is 1. The fraction of sp³-hybridized carbons (Fsp3) is 0.235. The van der Waals surface area contributed by atoms with Crippen molar-refractivity contribution in [1.82, 2.24) is 0 Å². The quantitative estimate of drug-likeness (QED) is 0.577. The highest BCUT2D eigenvalue weighted by atomic mass is 16.5. The minimum atomic E-state index is 0.0404. The number of Topliss-reactive ketones (excluding diaryl/α,β-unsaturated/α-hetero) is 1. The van der Waals surface area contributed by atoms with Crippen LogP contribution in [-0.2, 0) is 6.42 Å². The summed E-state index contributed by atoms with van der Waals surface area (Å²) < 4.78 is 5.70. The molecular formula is C17H18O2. The summed E-state index contributed by atoms with van der Waals surface area (Å²) in [5, 5.41) is 0. The first-order chi connectivity index (χ1) is 9.27. The summed E-state index contributed by atoms with van der Waals surface area (Å²) in [6, 6.07) is 17.7. The molecule has 0 aliphatic carbocycles. The normalized spacial score (nSPS) is 10.2. The Labute approximate surface area is 114 Å². The molecule has 0 aromatic heterocycles. The first kappa shape index (κ1) is 13.3. The Balaban J connectivity index is 1.85. The van der Waals surface area contributed by atoms with Crippen molar-refractivity contribution in [3.8, 4) is 5.75 Å². The van der Waals surface area contributed by atoms with E-state index < -0.39 is 0 Å². The topological polar surface area (TPSA) is 26.3 Å². The largest absolute Gasteiger partial charge is 0.493 e. The Kier molecular flexibility index (Phi) is 4.73. The van der Waals surface area contributed by atoms with Gasteiger partial charge in [0.15, 0.2) is 5.78 Å². The summed E-state index contributed by atoms with van der Waals surface area (Å²) in [5.74, 6) is 0.724. The Morgan fingerprint density at radius 3 is 2.42 bits per heavy atom. The van der Waals surface area contributed by atoms with Gasteiger partial charge in [0.05, 0.1) is 12.2 Å². The second kappa shape index (κ2) is 6.74. The molecule has 2 aromatic rings. The number of ether oxygens (including phenoxy) is 1. The van der Waals surface area contributed by atoms with Crippen LogP contribution in [-0.4, -0.2) is 12.4 Å². The van der Waals surface area contributed by atoms with E-state index in [9.17, 15) is 4.79 Å². The maximum absolute atomic E-state index is 11.4. The van der Waals surface area contributed by atoms with E-state index in [1.54, 1.807) is 13.0 Å². The summed E-state index contributed by atoms with van der Waals surface area (Å²) in [7, 11) is 0. The second-order valence-electron chi connectivity index (χ2n) is 4.49. The lowest BCUT2D eigenvalue weighted by molar-refractivity contribution is 0.101. The monoisotopic (exact) mass is 254 g/mol. The van der Waals surface area contributed by atoms with Gasteiger partial charge in [-0.2, -0.15) is 0 Å². The van der Waals surface area contributed by atoms with Gasteiger partial charge in [-0.15, -0.1) is 0 Å². The van der Waals surface area contributed by atoms with Gasteiger partial charge in [0.25, 0.3) is 0 Å². The number of para-hydroxylation sites is 1. The van der Waals surface area contributed by atoms with E-state index in [0.29, 0.717) is 17.9 Å². The van der Waals surface area contributed by atoms with Crippen molar-refractivity contribution in [2.45, 2.75) is 19.8 Å². The third-order valence-electron chi connectivity index (χ3n) is 2.98. The number of ketones is 1. The van der Waals surface area contributed by atoms with E-state index >= 15 is 0 Å². The molecular weight excluding hydrogens is 236 g/mol. The molecule has 0 heterocycles. The van der Waals surface area contributed by atoms with Gasteiger partial charge in [0, 0.05) is 0 Å². The highest BCUT2D eigenvalue weighted by molar-refractivity contribution is 5.96. The van der Waals surface area contributed by atoms with Crippen LogP contribution in [0.2, 0.25) is 0 Å². The Hall–Kier alpha value is -2.09. The van der Waals surface area contributed by atoms with E-state index in [2.05, 4.69) is 12.1 Å². The molecule has 0 unspecified atom stereocenters. The average Bonchev–Trinajstić information content (AvgIpc) is 2.45.